The van der Waals surface area contributed by atoms with Crippen molar-refractivity contribution in [2.75, 3.05) is 32.8 Å². The minimum absolute atomic E-state index is 0. The number of rotatable bonds is 2. The van der Waals surface area contributed by atoms with Gasteiger partial charge in [0, 0.05) is 38.2 Å². The maximum Gasteiger partial charge on any atom is 0.243 e. The van der Waals surface area contributed by atoms with Crippen LogP contribution in [0.5, 0.6) is 11.5 Å². The number of nitrogens with one attached hydrogen (secondary N) is 1. The molecule has 0 saturated carbocycles. The molecule has 1 fully saturated rings. The van der Waals surface area contributed by atoms with Crippen LogP contribution in [0.15, 0.2) is 23.1 Å². The first-order valence-electron chi connectivity index (χ1n) is 7.20. The molecule has 0 amide bonds. The minimum Gasteiger partial charge on any atom is -0.490 e. The Hall–Kier alpha value is -1.02. The number of fused-ring (bicyclic) bond motifs is 1. The lowest BCUT2D eigenvalue weighted by Gasteiger charge is -2.31. The first kappa shape index (κ1) is 17.3. The fourth-order valence-corrected chi connectivity index (χ4v) is 4.11. The zero-order chi connectivity index (χ0) is 14.9. The Labute approximate surface area is 137 Å². The largest absolute Gasteiger partial charge is 0.490 e. The predicted molar refractivity (Wildman–Crippen MR) is 85.5 cm³/mol. The summed E-state index contributed by atoms with van der Waals surface area (Å²) in [5.74, 6) is 1.12. The summed E-state index contributed by atoms with van der Waals surface area (Å²) < 4.78 is 38.0. The summed E-state index contributed by atoms with van der Waals surface area (Å²) in [4.78, 5) is 0.265. The third kappa shape index (κ3) is 3.48. The Kier molecular flexibility index (Phi) is 5.55. The molecule has 2 aliphatic heterocycles. The Bertz CT molecular complexity index is 623. The molecule has 2 heterocycles. The summed E-state index contributed by atoms with van der Waals surface area (Å²) >= 11 is 0. The molecule has 6 nitrogen and oxygen atoms in total. The highest BCUT2D eigenvalue weighted by molar-refractivity contribution is 7.89. The van der Waals surface area contributed by atoms with Crippen molar-refractivity contribution in [2.24, 2.45) is 0 Å². The van der Waals surface area contributed by atoms with Crippen molar-refractivity contribution in [3.8, 4) is 11.5 Å². The molecule has 22 heavy (non-hydrogen) atoms. The zero-order valence-corrected chi connectivity index (χ0v) is 14.1. The average Bonchev–Trinajstić information content (AvgIpc) is 2.71. The summed E-state index contributed by atoms with van der Waals surface area (Å²) in [5.41, 5.74) is 0. The van der Waals surface area contributed by atoms with Gasteiger partial charge in [0.2, 0.25) is 10.0 Å². The number of hydrogen-bond acceptors (Lipinski definition) is 5. The smallest absolute Gasteiger partial charge is 0.243 e. The number of sulfonamides is 1. The van der Waals surface area contributed by atoms with Crippen molar-refractivity contribution in [2.45, 2.75) is 24.3 Å². The van der Waals surface area contributed by atoms with E-state index in [0.717, 1.165) is 6.42 Å². The van der Waals surface area contributed by atoms with Crippen LogP contribution in [0.3, 0.4) is 0 Å². The lowest BCUT2D eigenvalue weighted by Crippen LogP contribution is -2.51. The molecule has 1 atom stereocenters. The van der Waals surface area contributed by atoms with E-state index in [1.165, 1.54) is 4.31 Å². The molecular weight excluding hydrogens is 328 g/mol. The van der Waals surface area contributed by atoms with Gasteiger partial charge in [-0.1, -0.05) is 0 Å². The molecule has 0 spiro atoms. The van der Waals surface area contributed by atoms with Crippen LogP contribution in [0.2, 0.25) is 0 Å². The number of piperazine rings is 1. The van der Waals surface area contributed by atoms with E-state index in [2.05, 4.69) is 5.32 Å². The minimum atomic E-state index is -3.48. The standard InChI is InChI=1S/C14H20N2O4S.ClH/c1-11-10-16(6-5-15-11)21(17,18)12-3-4-13-14(9-12)20-8-2-7-19-13;/h3-4,9,11,15H,2,5-8,10H2,1H3;1H/t11-;/m0./s1. The van der Waals surface area contributed by atoms with Crippen LogP contribution in [-0.2, 0) is 10.0 Å². The molecule has 1 N–H and O–H groups in total. The fraction of sp³-hybridized carbons (Fsp3) is 0.571. The highest BCUT2D eigenvalue weighted by Gasteiger charge is 2.29. The van der Waals surface area contributed by atoms with E-state index in [0.29, 0.717) is 44.3 Å². The van der Waals surface area contributed by atoms with Crippen molar-refractivity contribution in [3.63, 3.8) is 0 Å². The number of hydrogen-bond donors (Lipinski definition) is 1. The normalized spacial score (nSPS) is 22.5. The lowest BCUT2D eigenvalue weighted by molar-refractivity contribution is 0.296. The maximum atomic E-state index is 12.7. The quantitative estimate of drug-likeness (QED) is 0.871. The topological polar surface area (TPSA) is 67.9 Å². The predicted octanol–water partition coefficient (Wildman–Crippen LogP) is 1.25. The average molecular weight is 349 g/mol. The Morgan fingerprint density at radius 3 is 2.68 bits per heavy atom. The van der Waals surface area contributed by atoms with Crippen LogP contribution in [0.25, 0.3) is 0 Å². The molecule has 2 aliphatic rings. The molecular formula is C14H21ClN2O4S. The first-order valence-corrected chi connectivity index (χ1v) is 8.64. The number of ether oxygens (including phenoxy) is 2. The molecule has 0 aliphatic carbocycles. The Morgan fingerprint density at radius 2 is 1.95 bits per heavy atom. The van der Waals surface area contributed by atoms with Crippen molar-refractivity contribution < 1.29 is 17.9 Å². The van der Waals surface area contributed by atoms with Gasteiger partial charge in [-0.3, -0.25) is 0 Å². The Balaban J connectivity index is 0.00000176. The van der Waals surface area contributed by atoms with Crippen LogP contribution in [0.4, 0.5) is 0 Å². The maximum absolute atomic E-state index is 12.7. The van der Waals surface area contributed by atoms with Gasteiger partial charge in [0.25, 0.3) is 0 Å². The lowest BCUT2D eigenvalue weighted by atomic mass is 10.3. The van der Waals surface area contributed by atoms with Crippen molar-refractivity contribution >= 4 is 22.4 Å². The number of nitrogens with zero attached hydrogens (tertiary/aromatic N) is 1. The SMILES string of the molecule is C[C@H]1CN(S(=O)(=O)c2ccc3c(c2)OCCCO3)CCN1.Cl. The van der Waals surface area contributed by atoms with Crippen LogP contribution in [-0.4, -0.2) is 51.6 Å². The van der Waals surface area contributed by atoms with E-state index in [1.807, 2.05) is 6.92 Å². The van der Waals surface area contributed by atoms with Gasteiger partial charge in [0.05, 0.1) is 18.1 Å². The molecule has 0 aromatic heterocycles. The summed E-state index contributed by atoms with van der Waals surface area (Å²) in [5, 5.41) is 3.24. The van der Waals surface area contributed by atoms with Crippen LogP contribution >= 0.6 is 12.4 Å². The van der Waals surface area contributed by atoms with Gasteiger partial charge in [-0.25, -0.2) is 8.42 Å². The summed E-state index contributed by atoms with van der Waals surface area (Å²) in [6.45, 7) is 4.76. The second-order valence-electron chi connectivity index (χ2n) is 5.38. The first-order chi connectivity index (χ1) is 10.1. The second kappa shape index (κ2) is 7.04. The summed E-state index contributed by atoms with van der Waals surface area (Å²) in [6, 6.07) is 5.01. The van der Waals surface area contributed by atoms with E-state index in [1.54, 1.807) is 18.2 Å². The van der Waals surface area contributed by atoms with Crippen molar-refractivity contribution in [1.82, 2.24) is 9.62 Å². The second-order valence-corrected chi connectivity index (χ2v) is 7.32. The van der Waals surface area contributed by atoms with Crippen molar-refractivity contribution in [1.29, 1.82) is 0 Å². The van der Waals surface area contributed by atoms with E-state index < -0.39 is 10.0 Å². The highest BCUT2D eigenvalue weighted by atomic mass is 35.5. The molecule has 124 valence electrons. The third-order valence-electron chi connectivity index (χ3n) is 3.69. The van der Waals surface area contributed by atoms with Gasteiger partial charge >= 0.3 is 0 Å². The van der Waals surface area contributed by atoms with E-state index in [-0.39, 0.29) is 23.3 Å². The Morgan fingerprint density at radius 1 is 1.23 bits per heavy atom. The van der Waals surface area contributed by atoms with Gasteiger partial charge in [0.15, 0.2) is 11.5 Å². The highest BCUT2D eigenvalue weighted by Crippen LogP contribution is 2.33. The molecule has 3 rings (SSSR count). The molecule has 1 aromatic carbocycles. The third-order valence-corrected chi connectivity index (χ3v) is 5.55. The molecule has 0 bridgehead atoms. The van der Waals surface area contributed by atoms with Gasteiger partial charge in [-0.2, -0.15) is 4.31 Å². The van der Waals surface area contributed by atoms with Gasteiger partial charge in [0.1, 0.15) is 0 Å². The summed E-state index contributed by atoms with van der Waals surface area (Å²) in [7, 11) is -3.48. The molecule has 0 radical (unpaired) electrons. The van der Waals surface area contributed by atoms with Crippen LogP contribution in [0.1, 0.15) is 13.3 Å². The fourth-order valence-electron chi connectivity index (χ4n) is 2.57. The number of halogens is 1. The molecule has 1 aromatic rings. The summed E-state index contributed by atoms with van der Waals surface area (Å²) in [6.07, 6.45) is 0.798. The van der Waals surface area contributed by atoms with Crippen LogP contribution < -0.4 is 14.8 Å². The molecule has 1 saturated heterocycles. The van der Waals surface area contributed by atoms with Gasteiger partial charge < -0.3 is 14.8 Å². The number of benzene rings is 1. The molecule has 0 unspecified atom stereocenters. The van der Waals surface area contributed by atoms with E-state index in [4.69, 9.17) is 9.47 Å². The van der Waals surface area contributed by atoms with E-state index >= 15 is 0 Å². The zero-order valence-electron chi connectivity index (χ0n) is 12.4. The van der Waals surface area contributed by atoms with Gasteiger partial charge in [-0.05, 0) is 19.1 Å². The van der Waals surface area contributed by atoms with E-state index in [9.17, 15) is 8.42 Å². The van der Waals surface area contributed by atoms with Crippen LogP contribution in [0, 0.1) is 0 Å². The monoisotopic (exact) mass is 348 g/mol. The van der Waals surface area contributed by atoms with Gasteiger partial charge in [-0.15, -0.1) is 12.4 Å². The molecule has 8 heteroatoms. The van der Waals surface area contributed by atoms with Crippen molar-refractivity contribution in [3.05, 3.63) is 18.2 Å².